The largest absolute Gasteiger partial charge is 0.344 e. The van der Waals surface area contributed by atoms with Gasteiger partial charge in [0.25, 0.3) is 0 Å². The average molecular weight is 300 g/mol. The van der Waals surface area contributed by atoms with Gasteiger partial charge in [-0.05, 0) is 38.4 Å². The summed E-state index contributed by atoms with van der Waals surface area (Å²) in [5, 5.41) is 4.35. The van der Waals surface area contributed by atoms with E-state index in [1.54, 1.807) is 12.4 Å². The van der Waals surface area contributed by atoms with Gasteiger partial charge in [-0.25, -0.2) is 9.97 Å². The fraction of sp³-hybridized carbons (Fsp3) is 0.562. The molecule has 2 aromatic rings. The maximum atomic E-state index is 4.35. The van der Waals surface area contributed by atoms with Crippen molar-refractivity contribution in [3.63, 3.8) is 0 Å². The van der Waals surface area contributed by atoms with Gasteiger partial charge < -0.3 is 4.90 Å². The first-order valence-corrected chi connectivity index (χ1v) is 7.82. The van der Waals surface area contributed by atoms with Crippen molar-refractivity contribution in [2.24, 2.45) is 13.0 Å². The van der Waals surface area contributed by atoms with Gasteiger partial charge in [0.2, 0.25) is 5.95 Å². The predicted molar refractivity (Wildman–Crippen MR) is 86.6 cm³/mol. The van der Waals surface area contributed by atoms with E-state index in [1.165, 1.54) is 18.4 Å². The lowest BCUT2D eigenvalue weighted by atomic mass is 9.86. The zero-order valence-electron chi connectivity index (χ0n) is 13.6. The minimum absolute atomic E-state index is 0.411. The van der Waals surface area contributed by atoms with Crippen LogP contribution in [0, 0.1) is 5.92 Å². The molecule has 6 nitrogen and oxygen atoms in total. The van der Waals surface area contributed by atoms with Gasteiger partial charge in [0.05, 0.1) is 6.20 Å². The van der Waals surface area contributed by atoms with Crippen LogP contribution in [0.3, 0.4) is 0 Å². The summed E-state index contributed by atoms with van der Waals surface area (Å²) in [6.07, 6.45) is 10.2. The Morgan fingerprint density at radius 1 is 1.27 bits per heavy atom. The first-order valence-electron chi connectivity index (χ1n) is 7.82. The highest BCUT2D eigenvalue weighted by molar-refractivity contribution is 5.27. The Bertz CT molecular complexity index is 596. The van der Waals surface area contributed by atoms with Gasteiger partial charge in [-0.15, -0.1) is 0 Å². The van der Waals surface area contributed by atoms with Gasteiger partial charge in [0.15, 0.2) is 0 Å². The predicted octanol–water partition coefficient (Wildman–Crippen LogP) is 1.73. The zero-order valence-corrected chi connectivity index (χ0v) is 13.6. The number of likely N-dealkylation sites (tertiary alicyclic amines) is 1. The van der Waals surface area contributed by atoms with E-state index in [0.29, 0.717) is 12.0 Å². The third kappa shape index (κ3) is 3.11. The Morgan fingerprint density at radius 2 is 2.05 bits per heavy atom. The lowest BCUT2D eigenvalue weighted by molar-refractivity contribution is 0.124. The second-order valence-corrected chi connectivity index (χ2v) is 6.20. The summed E-state index contributed by atoms with van der Waals surface area (Å²) in [4.78, 5) is 13.3. The molecule has 0 N–H and O–H groups in total. The van der Waals surface area contributed by atoms with Crippen molar-refractivity contribution >= 4 is 5.95 Å². The van der Waals surface area contributed by atoms with Crippen molar-refractivity contribution < 1.29 is 0 Å². The van der Waals surface area contributed by atoms with Crippen LogP contribution in [-0.2, 0) is 7.05 Å². The van der Waals surface area contributed by atoms with E-state index in [4.69, 9.17) is 0 Å². The highest BCUT2D eigenvalue weighted by atomic mass is 15.3. The summed E-state index contributed by atoms with van der Waals surface area (Å²) < 4.78 is 1.89. The van der Waals surface area contributed by atoms with Crippen molar-refractivity contribution in [1.82, 2.24) is 24.6 Å². The van der Waals surface area contributed by atoms with Gasteiger partial charge in [-0.3, -0.25) is 9.58 Å². The molecule has 2 aromatic heterocycles. The van der Waals surface area contributed by atoms with Gasteiger partial charge in [-0.2, -0.15) is 5.10 Å². The number of anilines is 1. The number of nitrogens with zero attached hydrogens (tertiary/aromatic N) is 6. The van der Waals surface area contributed by atoms with Gasteiger partial charge in [0.1, 0.15) is 0 Å². The molecular weight excluding hydrogens is 276 g/mol. The Morgan fingerprint density at radius 3 is 2.73 bits per heavy atom. The van der Waals surface area contributed by atoms with Crippen LogP contribution in [0.5, 0.6) is 0 Å². The molecular formula is C16H24N6. The molecule has 1 aliphatic rings. The smallest absolute Gasteiger partial charge is 0.224 e. The lowest BCUT2D eigenvalue weighted by Gasteiger charge is -2.40. The van der Waals surface area contributed by atoms with Crippen LogP contribution >= 0.6 is 0 Å². The number of rotatable bonds is 4. The van der Waals surface area contributed by atoms with E-state index >= 15 is 0 Å². The Labute approximate surface area is 131 Å². The first-order chi connectivity index (χ1) is 10.6. The van der Waals surface area contributed by atoms with Crippen LogP contribution in [0.2, 0.25) is 0 Å². The van der Waals surface area contributed by atoms with Crippen molar-refractivity contribution in [3.8, 4) is 0 Å². The molecule has 3 heterocycles. The second-order valence-electron chi connectivity index (χ2n) is 6.20. The van der Waals surface area contributed by atoms with Crippen LogP contribution in [0.15, 0.2) is 30.9 Å². The standard InChI is InChI=1S/C16H24N6/c1-20-9-4-6-13(15(20)14-10-19-22(3)12-14)11-21(2)16-17-7-5-8-18-16/h5,7-8,10,12-13,15H,4,6,9,11H2,1-3H3/t13-,15+/m0/s1. The molecule has 0 unspecified atom stereocenters. The third-order valence-electron chi connectivity index (χ3n) is 4.48. The minimum Gasteiger partial charge on any atom is -0.344 e. The molecule has 2 atom stereocenters. The number of hydrogen-bond acceptors (Lipinski definition) is 5. The van der Waals surface area contributed by atoms with Crippen molar-refractivity contribution in [1.29, 1.82) is 0 Å². The second kappa shape index (κ2) is 6.44. The molecule has 1 saturated heterocycles. The van der Waals surface area contributed by atoms with Crippen LogP contribution in [-0.4, -0.2) is 51.8 Å². The summed E-state index contributed by atoms with van der Waals surface area (Å²) in [5.41, 5.74) is 1.30. The minimum atomic E-state index is 0.411. The van der Waals surface area contributed by atoms with Crippen LogP contribution < -0.4 is 4.90 Å². The van der Waals surface area contributed by atoms with Crippen molar-refractivity contribution in [3.05, 3.63) is 36.4 Å². The van der Waals surface area contributed by atoms with E-state index in [-0.39, 0.29) is 0 Å². The summed E-state index contributed by atoms with van der Waals surface area (Å²) in [7, 11) is 6.26. The molecule has 0 saturated carbocycles. The Hall–Kier alpha value is -1.95. The molecule has 118 valence electrons. The molecule has 22 heavy (non-hydrogen) atoms. The fourth-order valence-corrected chi connectivity index (χ4v) is 3.49. The molecule has 1 aliphatic heterocycles. The van der Waals surface area contributed by atoms with Gasteiger partial charge in [0, 0.05) is 50.8 Å². The average Bonchev–Trinajstić information content (AvgIpc) is 2.94. The maximum absolute atomic E-state index is 4.35. The number of piperidine rings is 1. The van der Waals surface area contributed by atoms with Crippen molar-refractivity contribution in [2.45, 2.75) is 18.9 Å². The molecule has 6 heteroatoms. The number of hydrogen-bond donors (Lipinski definition) is 0. The molecule has 0 aromatic carbocycles. The molecule has 3 rings (SSSR count). The van der Waals surface area contributed by atoms with E-state index in [2.05, 4.69) is 45.2 Å². The summed E-state index contributed by atoms with van der Waals surface area (Å²) in [5.74, 6) is 1.34. The van der Waals surface area contributed by atoms with E-state index < -0.39 is 0 Å². The van der Waals surface area contributed by atoms with Gasteiger partial charge >= 0.3 is 0 Å². The molecule has 0 aliphatic carbocycles. The van der Waals surface area contributed by atoms with E-state index in [0.717, 1.165) is 19.0 Å². The van der Waals surface area contributed by atoms with Crippen LogP contribution in [0.4, 0.5) is 5.95 Å². The lowest BCUT2D eigenvalue weighted by Crippen LogP contribution is -2.41. The Kier molecular flexibility index (Phi) is 4.38. The zero-order chi connectivity index (χ0) is 15.5. The topological polar surface area (TPSA) is 50.1 Å². The van der Waals surface area contributed by atoms with Crippen LogP contribution in [0.25, 0.3) is 0 Å². The molecule has 1 fully saturated rings. The summed E-state index contributed by atoms with van der Waals surface area (Å²) in [6.45, 7) is 2.09. The number of aryl methyl sites for hydroxylation is 1. The van der Waals surface area contributed by atoms with Crippen LogP contribution in [0.1, 0.15) is 24.4 Å². The van der Waals surface area contributed by atoms with Crippen molar-refractivity contribution in [2.75, 3.05) is 32.1 Å². The normalized spacial score (nSPS) is 22.7. The first kappa shape index (κ1) is 15.0. The monoisotopic (exact) mass is 300 g/mol. The maximum Gasteiger partial charge on any atom is 0.224 e. The fourth-order valence-electron chi connectivity index (χ4n) is 3.49. The quantitative estimate of drug-likeness (QED) is 0.860. The van der Waals surface area contributed by atoms with E-state index in [9.17, 15) is 0 Å². The van der Waals surface area contributed by atoms with Gasteiger partial charge in [-0.1, -0.05) is 0 Å². The van der Waals surface area contributed by atoms with E-state index in [1.807, 2.05) is 24.0 Å². The highest BCUT2D eigenvalue weighted by Gasteiger charge is 2.32. The Balaban J connectivity index is 1.78. The highest BCUT2D eigenvalue weighted by Crippen LogP contribution is 2.35. The molecule has 0 spiro atoms. The third-order valence-corrected chi connectivity index (χ3v) is 4.48. The summed E-state index contributed by atoms with van der Waals surface area (Å²) in [6, 6.07) is 2.26. The molecule has 0 amide bonds. The molecule has 0 bridgehead atoms. The number of aromatic nitrogens is 4. The summed E-state index contributed by atoms with van der Waals surface area (Å²) >= 11 is 0. The SMILES string of the molecule is CN(C[C@@H]1CCCN(C)[C@H]1c1cnn(C)c1)c1ncccn1. The molecule has 0 radical (unpaired) electrons.